The molecule has 4 rings (SSSR count). The van der Waals surface area contributed by atoms with Crippen LogP contribution in [0.25, 0.3) is 5.57 Å². The second kappa shape index (κ2) is 7.89. The highest BCUT2D eigenvalue weighted by Gasteiger charge is 2.28. The Labute approximate surface area is 172 Å². The predicted octanol–water partition coefficient (Wildman–Crippen LogP) is 7.52. The highest BCUT2D eigenvalue weighted by molar-refractivity contribution is 8.02. The van der Waals surface area contributed by atoms with E-state index in [4.69, 9.17) is 11.6 Å². The maximum Gasteiger partial charge on any atom is 0.0408 e. The molecular formula is C25H27ClS. The van der Waals surface area contributed by atoms with Crippen LogP contribution in [0.2, 0.25) is 5.02 Å². The number of benzene rings is 2. The number of hydrogen-bond donors (Lipinski definition) is 0. The zero-order chi connectivity index (χ0) is 19.0. The number of thioether (sulfide) groups is 1. The van der Waals surface area contributed by atoms with Crippen LogP contribution in [0.3, 0.4) is 0 Å². The van der Waals surface area contributed by atoms with Crippen molar-refractivity contribution in [3.8, 4) is 0 Å². The highest BCUT2D eigenvalue weighted by Crippen LogP contribution is 2.45. The largest absolute Gasteiger partial charge is 0.134 e. The molecule has 0 heterocycles. The molecule has 0 radical (unpaired) electrons. The van der Waals surface area contributed by atoms with E-state index in [9.17, 15) is 0 Å². The average Bonchev–Trinajstić information content (AvgIpc) is 3.43. The van der Waals surface area contributed by atoms with E-state index < -0.39 is 0 Å². The fraction of sp³-hybridized carbons (Fsp3) is 0.360. The molecule has 140 valence electrons. The van der Waals surface area contributed by atoms with E-state index in [0.29, 0.717) is 0 Å². The van der Waals surface area contributed by atoms with Crippen molar-refractivity contribution in [3.05, 3.63) is 86.3 Å². The molecule has 0 saturated heterocycles. The molecule has 0 amide bonds. The van der Waals surface area contributed by atoms with Gasteiger partial charge in [0.15, 0.2) is 0 Å². The summed E-state index contributed by atoms with van der Waals surface area (Å²) < 4.78 is 0. The second-order valence-corrected chi connectivity index (χ2v) is 9.33. The van der Waals surface area contributed by atoms with Gasteiger partial charge < -0.3 is 0 Å². The van der Waals surface area contributed by atoms with Crippen molar-refractivity contribution >= 4 is 28.9 Å². The minimum Gasteiger partial charge on any atom is -0.134 e. The summed E-state index contributed by atoms with van der Waals surface area (Å²) in [7, 11) is 0. The lowest BCUT2D eigenvalue weighted by Gasteiger charge is -2.15. The molecule has 0 bridgehead atoms. The quantitative estimate of drug-likeness (QED) is 0.468. The maximum atomic E-state index is 6.12. The zero-order valence-electron chi connectivity index (χ0n) is 16.3. The van der Waals surface area contributed by atoms with E-state index in [2.05, 4.69) is 50.1 Å². The fourth-order valence-electron chi connectivity index (χ4n) is 4.18. The first-order valence-electron chi connectivity index (χ1n) is 9.87. The first-order chi connectivity index (χ1) is 13.0. The van der Waals surface area contributed by atoms with Crippen molar-refractivity contribution in [2.45, 2.75) is 51.4 Å². The molecule has 2 aromatic rings. The number of rotatable bonds is 7. The lowest BCUT2D eigenvalue weighted by Crippen LogP contribution is -2.01. The van der Waals surface area contributed by atoms with Gasteiger partial charge in [-0.3, -0.25) is 0 Å². The molecule has 1 fully saturated rings. The van der Waals surface area contributed by atoms with Crippen LogP contribution in [0.5, 0.6) is 0 Å². The number of allylic oxidation sites excluding steroid dienone is 3. The van der Waals surface area contributed by atoms with Gasteiger partial charge in [0.2, 0.25) is 0 Å². The molecule has 27 heavy (non-hydrogen) atoms. The summed E-state index contributed by atoms with van der Waals surface area (Å²) in [5, 5.41) is 0.831. The Morgan fingerprint density at radius 3 is 2.63 bits per heavy atom. The van der Waals surface area contributed by atoms with E-state index in [-0.39, 0.29) is 0 Å². The van der Waals surface area contributed by atoms with E-state index in [0.717, 1.165) is 36.6 Å². The summed E-state index contributed by atoms with van der Waals surface area (Å²) in [5.74, 6) is 0.780. The van der Waals surface area contributed by atoms with Gasteiger partial charge in [-0.05, 0) is 107 Å². The lowest BCUT2D eigenvalue weighted by molar-refractivity contribution is 0.915. The standard InChI is InChI=1S/C25H27ClS/c1-16-12-23(26)11-10-18(16)4-7-21-14-22-9-8-20(13-17(2)27-3)25(22)15-24(21)19-5-6-19/h8,10-12,14-15,19H,2,4-7,9,13H2,1,3H3. The van der Waals surface area contributed by atoms with Crippen molar-refractivity contribution in [3.63, 3.8) is 0 Å². The van der Waals surface area contributed by atoms with Gasteiger partial charge in [0.05, 0.1) is 0 Å². The number of aryl methyl sites for hydroxylation is 3. The Hall–Kier alpha value is -1.44. The summed E-state index contributed by atoms with van der Waals surface area (Å²) in [5.41, 5.74) is 10.3. The molecule has 2 aliphatic rings. The summed E-state index contributed by atoms with van der Waals surface area (Å²) in [6, 6.07) is 11.3. The van der Waals surface area contributed by atoms with Crippen LogP contribution >= 0.6 is 23.4 Å². The molecule has 0 aliphatic heterocycles. The van der Waals surface area contributed by atoms with Crippen LogP contribution in [0.15, 0.2) is 47.9 Å². The van der Waals surface area contributed by atoms with Gasteiger partial charge >= 0.3 is 0 Å². The van der Waals surface area contributed by atoms with Crippen molar-refractivity contribution in [1.82, 2.24) is 0 Å². The maximum absolute atomic E-state index is 6.12. The van der Waals surface area contributed by atoms with E-state index in [1.807, 2.05) is 6.07 Å². The van der Waals surface area contributed by atoms with Gasteiger partial charge in [0, 0.05) is 11.4 Å². The molecule has 2 aliphatic carbocycles. The normalized spacial score (nSPS) is 15.6. The molecule has 1 saturated carbocycles. The Morgan fingerprint density at radius 2 is 1.93 bits per heavy atom. The van der Waals surface area contributed by atoms with Crippen LogP contribution in [0.4, 0.5) is 0 Å². The van der Waals surface area contributed by atoms with Gasteiger partial charge in [-0.2, -0.15) is 0 Å². The van der Waals surface area contributed by atoms with Crippen molar-refractivity contribution in [2.24, 2.45) is 0 Å². The van der Waals surface area contributed by atoms with Crippen LogP contribution in [-0.4, -0.2) is 6.26 Å². The van der Waals surface area contributed by atoms with E-state index in [1.54, 1.807) is 22.9 Å². The summed E-state index contributed by atoms with van der Waals surface area (Å²) in [6.45, 7) is 6.35. The molecule has 0 atom stereocenters. The Kier molecular flexibility index (Phi) is 5.53. The smallest absolute Gasteiger partial charge is 0.0408 e. The van der Waals surface area contributed by atoms with Crippen molar-refractivity contribution in [2.75, 3.05) is 6.26 Å². The first-order valence-corrected chi connectivity index (χ1v) is 11.5. The summed E-state index contributed by atoms with van der Waals surface area (Å²) >= 11 is 7.90. The fourth-order valence-corrected chi connectivity index (χ4v) is 4.70. The molecule has 0 nitrogen and oxygen atoms in total. The van der Waals surface area contributed by atoms with Gasteiger partial charge in [-0.1, -0.05) is 42.5 Å². The Morgan fingerprint density at radius 1 is 1.15 bits per heavy atom. The predicted molar refractivity (Wildman–Crippen MR) is 121 cm³/mol. The molecule has 0 unspecified atom stereocenters. The van der Waals surface area contributed by atoms with Crippen molar-refractivity contribution in [1.29, 1.82) is 0 Å². The summed E-state index contributed by atoms with van der Waals surface area (Å²) in [6.07, 6.45) is 11.5. The number of fused-ring (bicyclic) bond motifs is 1. The highest BCUT2D eigenvalue weighted by atomic mass is 35.5. The van der Waals surface area contributed by atoms with Crippen LogP contribution in [0, 0.1) is 6.92 Å². The topological polar surface area (TPSA) is 0 Å². The molecule has 2 aromatic carbocycles. The summed E-state index contributed by atoms with van der Waals surface area (Å²) in [4.78, 5) is 1.25. The van der Waals surface area contributed by atoms with Crippen molar-refractivity contribution < 1.29 is 0 Å². The van der Waals surface area contributed by atoms with Crippen LogP contribution in [-0.2, 0) is 19.3 Å². The van der Waals surface area contributed by atoms with Gasteiger partial charge in [0.1, 0.15) is 0 Å². The molecule has 0 N–H and O–H groups in total. The van der Waals surface area contributed by atoms with E-state index in [1.165, 1.54) is 45.6 Å². The third kappa shape index (κ3) is 4.20. The monoisotopic (exact) mass is 394 g/mol. The third-order valence-corrected chi connectivity index (χ3v) is 6.90. The van der Waals surface area contributed by atoms with E-state index >= 15 is 0 Å². The Balaban J connectivity index is 1.58. The molecule has 2 heteroatoms. The second-order valence-electron chi connectivity index (χ2n) is 7.91. The minimum absolute atomic E-state index is 0.780. The number of halogens is 1. The van der Waals surface area contributed by atoms with Gasteiger partial charge in [-0.15, -0.1) is 11.8 Å². The minimum atomic E-state index is 0.780. The molecule has 0 aromatic heterocycles. The molecular weight excluding hydrogens is 368 g/mol. The number of hydrogen-bond acceptors (Lipinski definition) is 1. The van der Waals surface area contributed by atoms with Crippen LogP contribution in [0.1, 0.15) is 58.6 Å². The third-order valence-electron chi connectivity index (χ3n) is 5.94. The SMILES string of the molecule is C=C(CC1=CCc2cc(CCc3ccc(Cl)cc3C)c(C3CC3)cc21)SC. The first kappa shape index (κ1) is 18.9. The van der Waals surface area contributed by atoms with Crippen LogP contribution < -0.4 is 0 Å². The average molecular weight is 395 g/mol. The molecule has 0 spiro atoms. The Bertz CT molecular complexity index is 918. The zero-order valence-corrected chi connectivity index (χ0v) is 17.8. The van der Waals surface area contributed by atoms with Gasteiger partial charge in [0.25, 0.3) is 0 Å². The lowest BCUT2D eigenvalue weighted by atomic mass is 9.90. The van der Waals surface area contributed by atoms with Gasteiger partial charge in [-0.25, -0.2) is 0 Å².